The average Bonchev–Trinajstić information content (AvgIpc) is 2.48. The zero-order chi connectivity index (χ0) is 9.68. The summed E-state index contributed by atoms with van der Waals surface area (Å²) in [4.78, 5) is 2.09. The number of hydrogen-bond donors (Lipinski definition) is 0. The summed E-state index contributed by atoms with van der Waals surface area (Å²) in [5, 5.41) is 1.83. The van der Waals surface area contributed by atoms with Crippen molar-refractivity contribution in [3.8, 4) is 0 Å². The zero-order valence-electron chi connectivity index (χ0n) is 8.12. The first-order valence-electron chi connectivity index (χ1n) is 4.17. The van der Waals surface area contributed by atoms with Gasteiger partial charge in [0.1, 0.15) is 11.5 Å². The molecule has 0 spiro atoms. The Bertz CT molecular complexity index is 268. The molecule has 0 saturated carbocycles. The van der Waals surface area contributed by atoms with Gasteiger partial charge in [-0.1, -0.05) is 6.58 Å². The maximum atomic E-state index is 5.59. The van der Waals surface area contributed by atoms with Crippen LogP contribution in [0.2, 0.25) is 0 Å². The van der Waals surface area contributed by atoms with Crippen LogP contribution in [0.4, 0.5) is 0 Å². The van der Waals surface area contributed by atoms with Gasteiger partial charge in [0.05, 0.1) is 12.3 Å². The summed E-state index contributed by atoms with van der Waals surface area (Å²) in [5.41, 5.74) is 0. The second-order valence-electron chi connectivity index (χ2n) is 3.08. The largest absolute Gasteiger partial charge is 0.464 e. The van der Waals surface area contributed by atoms with Crippen molar-refractivity contribution in [1.82, 2.24) is 4.90 Å². The second-order valence-corrected chi connectivity index (χ2v) is 4.04. The molecule has 0 fully saturated rings. The Morgan fingerprint density at radius 1 is 1.46 bits per heavy atom. The fraction of sp³-hybridized carbons (Fsp3) is 0.400. The van der Waals surface area contributed by atoms with Gasteiger partial charge in [0, 0.05) is 0 Å². The lowest BCUT2D eigenvalue weighted by molar-refractivity contribution is 0.344. The SMILES string of the molecule is C=CSCc1ccc(CN(C)C)o1. The molecule has 0 aliphatic carbocycles. The van der Waals surface area contributed by atoms with Gasteiger partial charge in [-0.3, -0.25) is 0 Å². The molecule has 1 rings (SSSR count). The minimum Gasteiger partial charge on any atom is -0.464 e. The number of hydrogen-bond acceptors (Lipinski definition) is 3. The van der Waals surface area contributed by atoms with Crippen LogP contribution in [0, 0.1) is 0 Å². The minimum absolute atomic E-state index is 0.860. The van der Waals surface area contributed by atoms with E-state index in [1.165, 1.54) is 0 Å². The number of furan rings is 1. The standard InChI is InChI=1S/C10H15NOS/c1-4-13-8-10-6-5-9(12-10)7-11(2)3/h4-6H,1,7-8H2,2-3H3. The van der Waals surface area contributed by atoms with Gasteiger partial charge in [-0.05, 0) is 31.6 Å². The Kier molecular flexibility index (Phi) is 4.12. The van der Waals surface area contributed by atoms with Gasteiger partial charge in [0.15, 0.2) is 0 Å². The highest BCUT2D eigenvalue weighted by Crippen LogP contribution is 2.16. The molecule has 0 amide bonds. The van der Waals surface area contributed by atoms with E-state index in [9.17, 15) is 0 Å². The zero-order valence-corrected chi connectivity index (χ0v) is 8.93. The van der Waals surface area contributed by atoms with E-state index in [2.05, 4.69) is 11.5 Å². The third-order valence-electron chi connectivity index (χ3n) is 1.53. The van der Waals surface area contributed by atoms with Gasteiger partial charge in [0.2, 0.25) is 0 Å². The first kappa shape index (κ1) is 10.4. The number of nitrogens with zero attached hydrogens (tertiary/aromatic N) is 1. The predicted octanol–water partition coefficient (Wildman–Crippen LogP) is 2.72. The molecule has 0 aromatic carbocycles. The highest BCUT2D eigenvalue weighted by molar-refractivity contribution is 8.01. The Morgan fingerprint density at radius 3 is 2.77 bits per heavy atom. The molecule has 0 aliphatic heterocycles. The van der Waals surface area contributed by atoms with E-state index in [0.29, 0.717) is 0 Å². The van der Waals surface area contributed by atoms with Crippen LogP contribution < -0.4 is 0 Å². The summed E-state index contributed by atoms with van der Waals surface area (Å²) in [6.07, 6.45) is 0. The minimum atomic E-state index is 0.860. The van der Waals surface area contributed by atoms with E-state index in [0.717, 1.165) is 23.8 Å². The van der Waals surface area contributed by atoms with Crippen molar-refractivity contribution in [2.75, 3.05) is 14.1 Å². The lowest BCUT2D eigenvalue weighted by atomic mass is 10.4. The Morgan fingerprint density at radius 2 is 2.15 bits per heavy atom. The molecule has 0 atom stereocenters. The lowest BCUT2D eigenvalue weighted by Gasteiger charge is -2.05. The molecule has 2 nitrogen and oxygen atoms in total. The van der Waals surface area contributed by atoms with E-state index < -0.39 is 0 Å². The van der Waals surface area contributed by atoms with Gasteiger partial charge < -0.3 is 9.32 Å². The van der Waals surface area contributed by atoms with Crippen LogP contribution in [-0.2, 0) is 12.3 Å². The first-order valence-corrected chi connectivity index (χ1v) is 5.22. The van der Waals surface area contributed by atoms with E-state index in [1.54, 1.807) is 11.8 Å². The summed E-state index contributed by atoms with van der Waals surface area (Å²) in [5.74, 6) is 2.91. The van der Waals surface area contributed by atoms with Crippen LogP contribution in [-0.4, -0.2) is 19.0 Å². The molecular weight excluding hydrogens is 182 g/mol. The van der Waals surface area contributed by atoms with Gasteiger partial charge >= 0.3 is 0 Å². The van der Waals surface area contributed by atoms with E-state index in [4.69, 9.17) is 4.42 Å². The van der Waals surface area contributed by atoms with E-state index >= 15 is 0 Å². The van der Waals surface area contributed by atoms with Gasteiger partial charge in [-0.25, -0.2) is 0 Å². The van der Waals surface area contributed by atoms with Crippen molar-refractivity contribution in [3.05, 3.63) is 35.6 Å². The molecule has 0 aliphatic rings. The topological polar surface area (TPSA) is 16.4 Å². The molecule has 3 heteroatoms. The Balaban J connectivity index is 2.48. The monoisotopic (exact) mass is 197 g/mol. The Labute approximate surface area is 83.6 Å². The lowest BCUT2D eigenvalue weighted by Crippen LogP contribution is -2.09. The van der Waals surface area contributed by atoms with Crippen LogP contribution in [0.25, 0.3) is 0 Å². The molecule has 1 aromatic heterocycles. The van der Waals surface area contributed by atoms with E-state index in [-0.39, 0.29) is 0 Å². The van der Waals surface area contributed by atoms with Crippen LogP contribution in [0.5, 0.6) is 0 Å². The molecule has 1 heterocycles. The molecule has 0 unspecified atom stereocenters. The highest BCUT2D eigenvalue weighted by atomic mass is 32.2. The number of thioether (sulfide) groups is 1. The van der Waals surface area contributed by atoms with Crippen molar-refractivity contribution >= 4 is 11.8 Å². The molecule has 1 aromatic rings. The first-order chi connectivity index (χ1) is 6.22. The molecule has 0 radical (unpaired) electrons. The smallest absolute Gasteiger partial charge is 0.118 e. The van der Waals surface area contributed by atoms with Crippen molar-refractivity contribution in [2.45, 2.75) is 12.3 Å². The molecule has 72 valence electrons. The Hall–Kier alpha value is -0.670. The van der Waals surface area contributed by atoms with Crippen LogP contribution in [0.3, 0.4) is 0 Å². The van der Waals surface area contributed by atoms with Crippen molar-refractivity contribution < 1.29 is 4.42 Å². The quantitative estimate of drug-likeness (QED) is 0.722. The summed E-state index contributed by atoms with van der Waals surface area (Å²) >= 11 is 1.65. The summed E-state index contributed by atoms with van der Waals surface area (Å²) in [6.45, 7) is 4.50. The molecule has 0 bridgehead atoms. The van der Waals surface area contributed by atoms with Crippen molar-refractivity contribution in [2.24, 2.45) is 0 Å². The third kappa shape index (κ3) is 3.70. The predicted molar refractivity (Wildman–Crippen MR) is 57.6 cm³/mol. The van der Waals surface area contributed by atoms with Crippen LogP contribution >= 0.6 is 11.8 Å². The van der Waals surface area contributed by atoms with Crippen molar-refractivity contribution in [1.29, 1.82) is 0 Å². The van der Waals surface area contributed by atoms with E-state index in [1.807, 2.05) is 31.6 Å². The highest BCUT2D eigenvalue weighted by Gasteiger charge is 2.01. The van der Waals surface area contributed by atoms with Crippen molar-refractivity contribution in [3.63, 3.8) is 0 Å². The second kappa shape index (κ2) is 5.14. The molecule has 0 N–H and O–H groups in total. The molecule has 0 saturated heterocycles. The normalized spacial score (nSPS) is 10.7. The van der Waals surface area contributed by atoms with Gasteiger partial charge in [-0.15, -0.1) is 11.8 Å². The third-order valence-corrected chi connectivity index (χ3v) is 2.22. The van der Waals surface area contributed by atoms with Gasteiger partial charge in [0.25, 0.3) is 0 Å². The van der Waals surface area contributed by atoms with Gasteiger partial charge in [-0.2, -0.15) is 0 Å². The summed E-state index contributed by atoms with van der Waals surface area (Å²) < 4.78 is 5.59. The summed E-state index contributed by atoms with van der Waals surface area (Å²) in [6, 6.07) is 4.05. The maximum Gasteiger partial charge on any atom is 0.118 e. The summed E-state index contributed by atoms with van der Waals surface area (Å²) in [7, 11) is 4.06. The average molecular weight is 197 g/mol. The molecule has 13 heavy (non-hydrogen) atoms. The fourth-order valence-corrected chi connectivity index (χ4v) is 1.47. The number of rotatable bonds is 5. The van der Waals surface area contributed by atoms with Crippen LogP contribution in [0.1, 0.15) is 11.5 Å². The maximum absolute atomic E-state index is 5.59. The van der Waals surface area contributed by atoms with Crippen LogP contribution in [0.15, 0.2) is 28.5 Å². The fourth-order valence-electron chi connectivity index (χ4n) is 1.04. The molecular formula is C10H15NOS.